The first kappa shape index (κ1) is 10.9. The van der Waals surface area contributed by atoms with Crippen LogP contribution >= 0.6 is 11.3 Å². The van der Waals surface area contributed by atoms with Crippen molar-refractivity contribution < 1.29 is 39.5 Å². The SMILES string of the molecule is O=C(/C=C/[O-])c1cccs1.[Na+]. The topological polar surface area (TPSA) is 40.1 Å². The summed E-state index contributed by atoms with van der Waals surface area (Å²) in [5, 5.41) is 11.6. The van der Waals surface area contributed by atoms with Crippen molar-refractivity contribution in [2.24, 2.45) is 0 Å². The third-order valence-electron chi connectivity index (χ3n) is 0.983. The van der Waals surface area contributed by atoms with E-state index in [0.717, 1.165) is 6.08 Å². The van der Waals surface area contributed by atoms with Gasteiger partial charge in [-0.15, -0.1) is 17.6 Å². The Labute approximate surface area is 90.8 Å². The molecule has 1 rings (SSSR count). The van der Waals surface area contributed by atoms with E-state index in [1.165, 1.54) is 11.3 Å². The first-order chi connectivity index (χ1) is 4.84. The molecule has 0 aromatic carbocycles. The van der Waals surface area contributed by atoms with Crippen LogP contribution in [0.3, 0.4) is 0 Å². The molecule has 11 heavy (non-hydrogen) atoms. The molecule has 0 saturated carbocycles. The van der Waals surface area contributed by atoms with Gasteiger partial charge in [0.2, 0.25) is 0 Å². The van der Waals surface area contributed by atoms with Gasteiger partial charge in [-0.2, -0.15) is 0 Å². The van der Waals surface area contributed by atoms with E-state index in [2.05, 4.69) is 0 Å². The molecule has 0 amide bonds. The zero-order chi connectivity index (χ0) is 7.40. The summed E-state index contributed by atoms with van der Waals surface area (Å²) in [7, 11) is 0. The van der Waals surface area contributed by atoms with Gasteiger partial charge < -0.3 is 5.11 Å². The zero-order valence-corrected chi connectivity index (χ0v) is 8.93. The van der Waals surface area contributed by atoms with Crippen molar-refractivity contribution in [3.63, 3.8) is 0 Å². The molecule has 0 unspecified atom stereocenters. The smallest absolute Gasteiger partial charge is 0.878 e. The molecule has 1 aromatic rings. The summed E-state index contributed by atoms with van der Waals surface area (Å²) in [4.78, 5) is 11.4. The molecule has 0 N–H and O–H groups in total. The van der Waals surface area contributed by atoms with E-state index in [4.69, 9.17) is 0 Å². The third kappa shape index (κ3) is 3.20. The standard InChI is InChI=1S/C7H6O2S.Na/c8-4-3-6(9)7-2-1-5-10-7;/h1-5,8H;/q;+1/p-1/b4-3+;. The molecule has 0 atom stereocenters. The monoisotopic (exact) mass is 176 g/mol. The van der Waals surface area contributed by atoms with Gasteiger partial charge in [-0.05, 0) is 17.5 Å². The Hall–Kier alpha value is -0.0900. The Morgan fingerprint density at radius 2 is 2.36 bits per heavy atom. The number of hydrogen-bond donors (Lipinski definition) is 0. The van der Waals surface area contributed by atoms with Gasteiger partial charge >= 0.3 is 29.6 Å². The van der Waals surface area contributed by atoms with Gasteiger partial charge in [-0.1, -0.05) is 6.07 Å². The van der Waals surface area contributed by atoms with Crippen molar-refractivity contribution >= 4 is 17.1 Å². The quantitative estimate of drug-likeness (QED) is 0.222. The van der Waals surface area contributed by atoms with Crippen LogP contribution in [-0.4, -0.2) is 5.78 Å². The summed E-state index contributed by atoms with van der Waals surface area (Å²) in [6.07, 6.45) is 1.52. The number of hydrogen-bond acceptors (Lipinski definition) is 3. The van der Waals surface area contributed by atoms with Crippen LogP contribution in [0.5, 0.6) is 0 Å². The Kier molecular flexibility index (Phi) is 5.50. The minimum absolute atomic E-state index is 0. The molecular formula is C7H5NaO2S. The fourth-order valence-electron chi connectivity index (χ4n) is 0.563. The van der Waals surface area contributed by atoms with Crippen molar-refractivity contribution in [3.05, 3.63) is 34.7 Å². The molecule has 0 spiro atoms. The predicted molar refractivity (Wildman–Crippen MR) is 37.8 cm³/mol. The van der Waals surface area contributed by atoms with E-state index in [1.54, 1.807) is 17.5 Å². The third-order valence-corrected chi connectivity index (χ3v) is 1.87. The number of allylic oxidation sites excluding steroid dienone is 1. The first-order valence-electron chi connectivity index (χ1n) is 2.71. The van der Waals surface area contributed by atoms with E-state index >= 15 is 0 Å². The Morgan fingerprint density at radius 1 is 1.64 bits per heavy atom. The first-order valence-corrected chi connectivity index (χ1v) is 3.59. The number of carbonyl (C=O) groups is 1. The molecule has 0 aliphatic carbocycles. The number of thiophene rings is 1. The van der Waals surface area contributed by atoms with Crippen LogP contribution in [0, 0.1) is 0 Å². The minimum atomic E-state index is -0.218. The van der Waals surface area contributed by atoms with Gasteiger partial charge in [-0.25, -0.2) is 0 Å². The average Bonchev–Trinajstić information content (AvgIpc) is 2.38. The van der Waals surface area contributed by atoms with E-state index < -0.39 is 0 Å². The number of ketones is 1. The molecular weight excluding hydrogens is 171 g/mol. The maximum Gasteiger partial charge on any atom is 1.00 e. The Morgan fingerprint density at radius 3 is 2.82 bits per heavy atom. The van der Waals surface area contributed by atoms with Gasteiger partial charge in [-0.3, -0.25) is 4.79 Å². The molecule has 0 aliphatic rings. The van der Waals surface area contributed by atoms with Crippen molar-refractivity contribution in [1.82, 2.24) is 0 Å². The van der Waals surface area contributed by atoms with Gasteiger partial charge in [0.05, 0.1) is 4.88 Å². The van der Waals surface area contributed by atoms with Crippen molar-refractivity contribution in [3.8, 4) is 0 Å². The summed E-state index contributed by atoms with van der Waals surface area (Å²) < 4.78 is 0. The zero-order valence-electron chi connectivity index (χ0n) is 6.11. The molecule has 0 bridgehead atoms. The van der Waals surface area contributed by atoms with Crippen LogP contribution in [0.2, 0.25) is 0 Å². The van der Waals surface area contributed by atoms with Gasteiger partial charge in [0.1, 0.15) is 0 Å². The van der Waals surface area contributed by atoms with Gasteiger partial charge in [0.15, 0.2) is 5.78 Å². The average molecular weight is 176 g/mol. The van der Waals surface area contributed by atoms with Crippen LogP contribution in [0.25, 0.3) is 0 Å². The minimum Gasteiger partial charge on any atom is -0.878 e. The molecule has 0 radical (unpaired) electrons. The fraction of sp³-hybridized carbons (Fsp3) is 0. The molecule has 0 fully saturated rings. The van der Waals surface area contributed by atoms with Crippen LogP contribution in [0.4, 0.5) is 0 Å². The molecule has 52 valence electrons. The molecule has 0 saturated heterocycles. The summed E-state index contributed by atoms with van der Waals surface area (Å²) in [5.74, 6) is -0.218. The van der Waals surface area contributed by atoms with E-state index in [0.29, 0.717) is 11.1 Å². The molecule has 4 heteroatoms. The Balaban J connectivity index is 0.000001000. The van der Waals surface area contributed by atoms with Crippen LogP contribution < -0.4 is 34.7 Å². The van der Waals surface area contributed by atoms with E-state index in [9.17, 15) is 9.90 Å². The fourth-order valence-corrected chi connectivity index (χ4v) is 1.21. The summed E-state index contributed by atoms with van der Waals surface area (Å²) in [5.41, 5.74) is 0. The molecule has 1 heterocycles. The van der Waals surface area contributed by atoms with E-state index in [1.807, 2.05) is 0 Å². The second kappa shape index (κ2) is 5.55. The van der Waals surface area contributed by atoms with Crippen molar-refractivity contribution in [2.45, 2.75) is 0 Å². The largest absolute Gasteiger partial charge is 1.00 e. The van der Waals surface area contributed by atoms with Crippen LogP contribution in [-0.2, 0) is 0 Å². The van der Waals surface area contributed by atoms with Crippen LogP contribution in [0.1, 0.15) is 9.67 Å². The second-order valence-corrected chi connectivity index (χ2v) is 2.59. The normalized spacial score (nSPS) is 9.45. The van der Waals surface area contributed by atoms with Crippen molar-refractivity contribution in [1.29, 1.82) is 0 Å². The van der Waals surface area contributed by atoms with Gasteiger partial charge in [0, 0.05) is 0 Å². The van der Waals surface area contributed by atoms with Crippen LogP contribution in [0.15, 0.2) is 29.9 Å². The molecule has 0 aliphatic heterocycles. The number of carbonyl (C=O) groups excluding carboxylic acids is 1. The second-order valence-electron chi connectivity index (χ2n) is 1.64. The summed E-state index contributed by atoms with van der Waals surface area (Å²) >= 11 is 1.33. The Bertz CT molecular complexity index is 241. The number of rotatable bonds is 2. The van der Waals surface area contributed by atoms with Gasteiger partial charge in [0.25, 0.3) is 0 Å². The summed E-state index contributed by atoms with van der Waals surface area (Å²) in [6, 6.07) is 3.46. The molecule has 2 nitrogen and oxygen atoms in total. The summed E-state index contributed by atoms with van der Waals surface area (Å²) in [6.45, 7) is 0. The predicted octanol–water partition coefficient (Wildman–Crippen LogP) is -2.19. The molecule has 1 aromatic heterocycles. The maximum absolute atomic E-state index is 10.8. The van der Waals surface area contributed by atoms with Crippen molar-refractivity contribution in [2.75, 3.05) is 0 Å². The maximum atomic E-state index is 10.8. The van der Waals surface area contributed by atoms with E-state index in [-0.39, 0.29) is 35.3 Å².